The minimum atomic E-state index is -1.15. The van der Waals surface area contributed by atoms with Gasteiger partial charge in [-0.1, -0.05) is 30.3 Å². The lowest BCUT2D eigenvalue weighted by molar-refractivity contribution is 0.0372. The molecule has 0 bridgehead atoms. The number of hydrogen-bond acceptors (Lipinski definition) is 2. The van der Waals surface area contributed by atoms with Crippen LogP contribution in [0.5, 0.6) is 0 Å². The first-order valence-corrected chi connectivity index (χ1v) is 4.68. The van der Waals surface area contributed by atoms with E-state index in [-0.39, 0.29) is 0 Å². The molecule has 1 amide bonds. The van der Waals surface area contributed by atoms with E-state index in [0.29, 0.717) is 0 Å². The van der Waals surface area contributed by atoms with Gasteiger partial charge in [0, 0.05) is 0 Å². The van der Waals surface area contributed by atoms with Crippen molar-refractivity contribution in [2.75, 3.05) is 0 Å². The summed E-state index contributed by atoms with van der Waals surface area (Å²) < 4.78 is 0. The molecule has 0 saturated heterocycles. The molecule has 0 aromatic heterocycles. The van der Waals surface area contributed by atoms with Crippen molar-refractivity contribution in [3.63, 3.8) is 0 Å². The van der Waals surface area contributed by atoms with Crippen LogP contribution in [-0.2, 0) is 0 Å². The second kappa shape index (κ2) is 4.31. The molecule has 0 aliphatic rings. The molecule has 1 rings (SSSR count). The van der Waals surface area contributed by atoms with Crippen molar-refractivity contribution in [3.05, 3.63) is 35.9 Å². The van der Waals surface area contributed by atoms with Crippen LogP contribution in [0, 0.1) is 0 Å². The van der Waals surface area contributed by atoms with Crippen molar-refractivity contribution in [2.24, 2.45) is 0 Å². The van der Waals surface area contributed by atoms with Crippen LogP contribution in [0.3, 0.4) is 0 Å². The van der Waals surface area contributed by atoms with Gasteiger partial charge in [0.1, 0.15) is 0 Å². The lowest BCUT2D eigenvalue weighted by Crippen LogP contribution is -2.41. The SMILES string of the molecule is CC(C)(O)[C@@H](NC(=O)O)c1ccccc1. The van der Waals surface area contributed by atoms with Gasteiger partial charge in [-0.05, 0) is 19.4 Å². The Kier molecular flexibility index (Phi) is 3.31. The Morgan fingerprint density at radius 1 is 1.33 bits per heavy atom. The summed E-state index contributed by atoms with van der Waals surface area (Å²) in [6.45, 7) is 3.14. The van der Waals surface area contributed by atoms with Gasteiger partial charge in [-0.25, -0.2) is 4.79 Å². The topological polar surface area (TPSA) is 69.6 Å². The molecular formula is C11H15NO3. The summed E-state index contributed by atoms with van der Waals surface area (Å²) in [5, 5.41) is 20.8. The Hall–Kier alpha value is -1.55. The van der Waals surface area contributed by atoms with Crippen LogP contribution in [0.4, 0.5) is 4.79 Å². The van der Waals surface area contributed by atoms with Crippen molar-refractivity contribution in [3.8, 4) is 0 Å². The zero-order valence-corrected chi connectivity index (χ0v) is 8.77. The zero-order valence-electron chi connectivity index (χ0n) is 8.77. The predicted molar refractivity (Wildman–Crippen MR) is 56.6 cm³/mol. The molecule has 0 saturated carbocycles. The molecule has 0 aliphatic carbocycles. The average Bonchev–Trinajstić information content (AvgIpc) is 2.14. The maximum Gasteiger partial charge on any atom is 0.405 e. The first-order valence-electron chi connectivity index (χ1n) is 4.68. The van der Waals surface area contributed by atoms with Crippen LogP contribution < -0.4 is 5.32 Å². The van der Waals surface area contributed by atoms with E-state index in [4.69, 9.17) is 5.11 Å². The number of amides is 1. The van der Waals surface area contributed by atoms with Crippen LogP contribution in [-0.4, -0.2) is 21.9 Å². The van der Waals surface area contributed by atoms with E-state index in [0.717, 1.165) is 5.56 Å². The molecule has 0 spiro atoms. The largest absolute Gasteiger partial charge is 0.465 e. The van der Waals surface area contributed by atoms with Gasteiger partial charge >= 0.3 is 6.09 Å². The first kappa shape index (κ1) is 11.5. The highest BCUT2D eigenvalue weighted by Gasteiger charge is 2.29. The molecule has 4 heteroatoms. The smallest absolute Gasteiger partial charge is 0.405 e. The summed E-state index contributed by atoms with van der Waals surface area (Å²) in [5.41, 5.74) is -0.396. The van der Waals surface area contributed by atoms with Gasteiger partial charge in [-0.2, -0.15) is 0 Å². The molecule has 82 valence electrons. The maximum absolute atomic E-state index is 10.6. The van der Waals surface area contributed by atoms with Crippen molar-refractivity contribution in [1.82, 2.24) is 5.32 Å². The Morgan fingerprint density at radius 2 is 1.87 bits per heavy atom. The fraction of sp³-hybridized carbons (Fsp3) is 0.364. The van der Waals surface area contributed by atoms with Gasteiger partial charge in [-0.15, -0.1) is 0 Å². The molecule has 0 heterocycles. The molecular weight excluding hydrogens is 194 g/mol. The molecule has 1 aromatic carbocycles. The number of nitrogens with one attached hydrogen (secondary N) is 1. The van der Waals surface area contributed by atoms with Crippen LogP contribution in [0.2, 0.25) is 0 Å². The van der Waals surface area contributed by atoms with Crippen LogP contribution in [0.25, 0.3) is 0 Å². The quantitative estimate of drug-likeness (QED) is 0.710. The molecule has 3 N–H and O–H groups in total. The molecule has 0 aliphatic heterocycles. The number of carboxylic acid groups (broad SMARTS) is 1. The van der Waals surface area contributed by atoms with Crippen molar-refractivity contribution in [1.29, 1.82) is 0 Å². The van der Waals surface area contributed by atoms with Crippen molar-refractivity contribution >= 4 is 6.09 Å². The standard InChI is InChI=1S/C11H15NO3/c1-11(2,15)9(12-10(13)14)8-6-4-3-5-7-8/h3-7,9,12,15H,1-2H3,(H,13,14)/t9-/m0/s1. The van der Waals surface area contributed by atoms with E-state index in [1.807, 2.05) is 6.07 Å². The molecule has 4 nitrogen and oxygen atoms in total. The average molecular weight is 209 g/mol. The van der Waals surface area contributed by atoms with Gasteiger partial charge in [-0.3, -0.25) is 0 Å². The Labute approximate surface area is 88.6 Å². The van der Waals surface area contributed by atoms with Crippen molar-refractivity contribution < 1.29 is 15.0 Å². The third-order valence-electron chi connectivity index (χ3n) is 2.11. The minimum absolute atomic E-state index is 0.629. The third kappa shape index (κ3) is 3.25. The second-order valence-corrected chi connectivity index (χ2v) is 3.95. The minimum Gasteiger partial charge on any atom is -0.465 e. The molecule has 0 fully saturated rings. The van der Waals surface area contributed by atoms with E-state index in [2.05, 4.69) is 5.32 Å². The van der Waals surface area contributed by atoms with E-state index < -0.39 is 17.7 Å². The highest BCUT2D eigenvalue weighted by molar-refractivity contribution is 5.65. The number of carbonyl (C=O) groups is 1. The summed E-state index contributed by atoms with van der Waals surface area (Å²) in [7, 11) is 0. The number of hydrogen-bond donors (Lipinski definition) is 3. The Bertz CT molecular complexity index is 329. The van der Waals surface area contributed by atoms with Crippen LogP contribution >= 0.6 is 0 Å². The van der Waals surface area contributed by atoms with Gasteiger partial charge < -0.3 is 15.5 Å². The lowest BCUT2D eigenvalue weighted by atomic mass is 9.92. The maximum atomic E-state index is 10.6. The van der Waals surface area contributed by atoms with Crippen LogP contribution in [0.1, 0.15) is 25.5 Å². The lowest BCUT2D eigenvalue weighted by Gasteiger charge is -2.29. The number of rotatable bonds is 3. The number of aliphatic hydroxyl groups is 1. The highest BCUT2D eigenvalue weighted by Crippen LogP contribution is 2.24. The van der Waals surface area contributed by atoms with E-state index >= 15 is 0 Å². The fourth-order valence-corrected chi connectivity index (χ4v) is 1.44. The van der Waals surface area contributed by atoms with Crippen LogP contribution in [0.15, 0.2) is 30.3 Å². The van der Waals surface area contributed by atoms with Gasteiger partial charge in [0.15, 0.2) is 0 Å². The number of benzene rings is 1. The van der Waals surface area contributed by atoms with E-state index in [9.17, 15) is 9.90 Å². The summed E-state index contributed by atoms with van der Waals surface area (Å²) in [6.07, 6.45) is -1.15. The van der Waals surface area contributed by atoms with Gasteiger partial charge in [0.05, 0.1) is 11.6 Å². The Morgan fingerprint density at radius 3 is 2.27 bits per heavy atom. The predicted octanol–water partition coefficient (Wildman–Crippen LogP) is 1.77. The van der Waals surface area contributed by atoms with E-state index in [1.54, 1.807) is 38.1 Å². The fourth-order valence-electron chi connectivity index (χ4n) is 1.44. The molecule has 1 aromatic rings. The Balaban J connectivity index is 2.97. The monoisotopic (exact) mass is 209 g/mol. The van der Waals surface area contributed by atoms with E-state index in [1.165, 1.54) is 0 Å². The summed E-state index contributed by atoms with van der Waals surface area (Å²) in [6, 6.07) is 8.37. The molecule has 15 heavy (non-hydrogen) atoms. The molecule has 0 unspecified atom stereocenters. The van der Waals surface area contributed by atoms with Gasteiger partial charge in [0.2, 0.25) is 0 Å². The second-order valence-electron chi connectivity index (χ2n) is 3.95. The van der Waals surface area contributed by atoms with Crippen molar-refractivity contribution in [2.45, 2.75) is 25.5 Å². The first-order chi connectivity index (χ1) is 6.91. The molecule has 1 atom stereocenters. The van der Waals surface area contributed by atoms with Gasteiger partial charge in [0.25, 0.3) is 0 Å². The third-order valence-corrected chi connectivity index (χ3v) is 2.11. The normalized spacial score (nSPS) is 13.3. The summed E-state index contributed by atoms with van der Waals surface area (Å²) in [5.74, 6) is 0. The highest BCUT2D eigenvalue weighted by atomic mass is 16.4. The molecule has 0 radical (unpaired) electrons. The zero-order chi connectivity index (χ0) is 11.5. The summed E-state index contributed by atoms with van der Waals surface area (Å²) in [4.78, 5) is 10.6. The summed E-state index contributed by atoms with van der Waals surface area (Å²) >= 11 is 0.